The molecule has 0 saturated heterocycles. The van der Waals surface area contributed by atoms with Crippen molar-refractivity contribution in [3.05, 3.63) is 22.8 Å². The van der Waals surface area contributed by atoms with Crippen LogP contribution < -0.4 is 0 Å². The van der Waals surface area contributed by atoms with Gasteiger partial charge in [-0.1, -0.05) is 19.4 Å². The molecule has 0 spiro atoms. The van der Waals surface area contributed by atoms with E-state index in [1.165, 1.54) is 24.0 Å². The molecule has 0 aliphatic heterocycles. The molecule has 0 heterocycles. The zero-order valence-corrected chi connectivity index (χ0v) is 15.6. The number of hydrogen-bond acceptors (Lipinski definition) is 2. The van der Waals surface area contributed by atoms with Gasteiger partial charge >= 0.3 is 0 Å². The topological polar surface area (TPSA) is 34.1 Å². The number of rotatable bonds is 2. The predicted molar refractivity (Wildman–Crippen MR) is 101 cm³/mol. The zero-order chi connectivity index (χ0) is 17.3. The van der Waals surface area contributed by atoms with Gasteiger partial charge in [0.2, 0.25) is 0 Å². The first-order valence-electron chi connectivity index (χ1n) is 9.99. The minimum absolute atomic E-state index is 0.256. The molecule has 0 amide bonds. The van der Waals surface area contributed by atoms with Crippen LogP contribution in [0.25, 0.3) is 0 Å². The normalized spacial score (nSPS) is 34.4. The number of Topliss-reactive ketones (excluding diaryl/α,β-unsaturated/α-hetero) is 1. The lowest BCUT2D eigenvalue weighted by atomic mass is 9.69. The predicted octanol–water partition coefficient (Wildman–Crippen LogP) is 4.07. The molecule has 130 valence electrons. The van der Waals surface area contributed by atoms with Crippen LogP contribution >= 0.6 is 0 Å². The van der Waals surface area contributed by atoms with Crippen molar-refractivity contribution in [3.63, 3.8) is 0 Å². The molecule has 0 aromatic rings. The smallest absolute Gasteiger partial charge is 0.156 e. The van der Waals surface area contributed by atoms with Crippen molar-refractivity contribution >= 4 is 19.4 Å². The summed E-state index contributed by atoms with van der Waals surface area (Å²) in [7, 11) is 2.01. The molecule has 3 aliphatic rings. The second-order valence-corrected chi connectivity index (χ2v) is 8.28. The maximum Gasteiger partial charge on any atom is 0.156 e. The average molecular weight is 326 g/mol. The highest BCUT2D eigenvalue weighted by Gasteiger charge is 2.34. The quantitative estimate of drug-likeness (QED) is 0.717. The highest BCUT2D eigenvalue weighted by molar-refractivity contribution is 6.20. The van der Waals surface area contributed by atoms with Crippen molar-refractivity contribution in [1.29, 1.82) is 0 Å². The molecule has 1 saturated carbocycles. The summed E-state index contributed by atoms with van der Waals surface area (Å²) in [5.41, 5.74) is 4.49. The highest BCUT2D eigenvalue weighted by atomic mass is 16.1. The van der Waals surface area contributed by atoms with Gasteiger partial charge in [-0.15, -0.1) is 0 Å². The van der Waals surface area contributed by atoms with E-state index in [1.807, 2.05) is 13.9 Å². The van der Waals surface area contributed by atoms with Gasteiger partial charge in [0.1, 0.15) is 13.6 Å². The van der Waals surface area contributed by atoms with E-state index in [-0.39, 0.29) is 5.92 Å². The maximum atomic E-state index is 12.4. The molecule has 3 heteroatoms. The van der Waals surface area contributed by atoms with Crippen LogP contribution in [0.4, 0.5) is 0 Å². The van der Waals surface area contributed by atoms with Crippen molar-refractivity contribution in [3.8, 4) is 0 Å². The van der Waals surface area contributed by atoms with E-state index in [4.69, 9.17) is 0 Å². The first kappa shape index (κ1) is 17.7. The monoisotopic (exact) mass is 326 g/mol. The van der Waals surface area contributed by atoms with E-state index < -0.39 is 0 Å². The summed E-state index contributed by atoms with van der Waals surface area (Å²) in [6, 6.07) is 0. The molecule has 0 radical (unpaired) electrons. The Morgan fingerprint density at radius 1 is 1.04 bits per heavy atom. The van der Waals surface area contributed by atoms with E-state index >= 15 is 0 Å². The largest absolute Gasteiger partial charge is 0.300 e. The zero-order valence-electron chi connectivity index (χ0n) is 15.6. The lowest BCUT2D eigenvalue weighted by Crippen LogP contribution is -2.23. The second-order valence-electron chi connectivity index (χ2n) is 8.28. The molecule has 0 aromatic heterocycles. The standard InChI is InChI=1S/C21H31BO2/c1-13-3-7-18(21(24)12-22)14(2)4-8-20-17(13)9-5-15-11-16(23)6-10-19(15)20/h11,13-14,17-18H,3-10,12,22H2,1-2H3/t13?,14-,17?,18-/m0/s1. The fraction of sp³-hybridized carbons (Fsp3) is 0.714. The van der Waals surface area contributed by atoms with Crippen LogP contribution in [0.1, 0.15) is 65.2 Å². The Balaban J connectivity index is 1.91. The SMILES string of the molecule is BCC(=O)[C@H]1CCC(C)C2CCC3=CC(=O)CCC3=C2CC[C@@H]1C. The molecule has 2 nitrogen and oxygen atoms in total. The summed E-state index contributed by atoms with van der Waals surface area (Å²) in [5.74, 6) is 2.84. The van der Waals surface area contributed by atoms with Crippen molar-refractivity contribution < 1.29 is 9.59 Å². The van der Waals surface area contributed by atoms with Crippen molar-refractivity contribution in [1.82, 2.24) is 0 Å². The number of ketones is 2. The summed E-state index contributed by atoms with van der Waals surface area (Å²) >= 11 is 0. The first-order valence-corrected chi connectivity index (χ1v) is 9.99. The summed E-state index contributed by atoms with van der Waals surface area (Å²) in [6.07, 6.45) is 11.0. The van der Waals surface area contributed by atoms with Crippen molar-refractivity contribution in [2.24, 2.45) is 23.7 Å². The molecule has 2 unspecified atom stereocenters. The molecule has 3 aliphatic carbocycles. The first-order chi connectivity index (χ1) is 11.5. The van der Waals surface area contributed by atoms with Crippen LogP contribution in [-0.4, -0.2) is 19.4 Å². The Morgan fingerprint density at radius 2 is 1.83 bits per heavy atom. The van der Waals surface area contributed by atoms with E-state index in [2.05, 4.69) is 13.8 Å². The van der Waals surface area contributed by atoms with Gasteiger partial charge in [0.15, 0.2) is 5.78 Å². The molecule has 0 aromatic carbocycles. The Labute approximate surface area is 147 Å². The van der Waals surface area contributed by atoms with Gasteiger partial charge in [-0.05, 0) is 86.2 Å². The van der Waals surface area contributed by atoms with Gasteiger partial charge in [-0.3, -0.25) is 4.79 Å². The van der Waals surface area contributed by atoms with Crippen LogP contribution in [0.5, 0.6) is 0 Å². The van der Waals surface area contributed by atoms with Crippen LogP contribution in [0.15, 0.2) is 22.8 Å². The third-order valence-electron chi connectivity index (χ3n) is 6.84. The Bertz CT molecular complexity index is 587. The number of hydrogen-bond donors (Lipinski definition) is 0. The number of allylic oxidation sites excluding steroid dienone is 4. The van der Waals surface area contributed by atoms with Gasteiger partial charge in [0.05, 0.1) is 0 Å². The fourth-order valence-corrected chi connectivity index (χ4v) is 5.28. The fourth-order valence-electron chi connectivity index (χ4n) is 5.28. The molecule has 1 fully saturated rings. The minimum Gasteiger partial charge on any atom is -0.300 e. The van der Waals surface area contributed by atoms with Crippen LogP contribution in [0.2, 0.25) is 6.32 Å². The number of carbonyl (C=O) groups excluding carboxylic acids is 2. The third-order valence-corrected chi connectivity index (χ3v) is 6.84. The molecular weight excluding hydrogens is 295 g/mol. The Morgan fingerprint density at radius 3 is 2.58 bits per heavy atom. The lowest BCUT2D eigenvalue weighted by molar-refractivity contribution is -0.122. The van der Waals surface area contributed by atoms with Crippen LogP contribution in [-0.2, 0) is 9.59 Å². The van der Waals surface area contributed by atoms with E-state index in [1.54, 1.807) is 5.57 Å². The lowest BCUT2D eigenvalue weighted by Gasteiger charge is -2.35. The summed E-state index contributed by atoms with van der Waals surface area (Å²) < 4.78 is 0. The Kier molecular flexibility index (Phi) is 5.47. The number of fused-ring (bicyclic) bond motifs is 2. The highest BCUT2D eigenvalue weighted by Crippen LogP contribution is 2.46. The van der Waals surface area contributed by atoms with E-state index in [0.29, 0.717) is 42.1 Å². The molecule has 0 bridgehead atoms. The molecule has 4 atom stereocenters. The maximum absolute atomic E-state index is 12.4. The molecular formula is C21H31BO2. The average Bonchev–Trinajstić information content (AvgIpc) is 2.63. The molecule has 24 heavy (non-hydrogen) atoms. The van der Waals surface area contributed by atoms with Crippen LogP contribution in [0, 0.1) is 23.7 Å². The molecule has 3 rings (SSSR count). The number of carbonyl (C=O) groups is 2. The van der Waals surface area contributed by atoms with Gasteiger partial charge in [-0.25, -0.2) is 0 Å². The van der Waals surface area contributed by atoms with Gasteiger partial charge in [0.25, 0.3) is 0 Å². The Hall–Kier alpha value is -1.12. The van der Waals surface area contributed by atoms with E-state index in [0.717, 1.165) is 32.1 Å². The van der Waals surface area contributed by atoms with E-state index in [9.17, 15) is 9.59 Å². The van der Waals surface area contributed by atoms with Crippen molar-refractivity contribution in [2.45, 2.75) is 71.5 Å². The summed E-state index contributed by atoms with van der Waals surface area (Å²) in [4.78, 5) is 24.2. The van der Waals surface area contributed by atoms with Crippen LogP contribution in [0.3, 0.4) is 0 Å². The summed E-state index contributed by atoms with van der Waals surface area (Å²) in [6.45, 7) is 4.66. The molecule has 0 N–H and O–H groups in total. The van der Waals surface area contributed by atoms with Gasteiger partial charge < -0.3 is 4.79 Å². The third kappa shape index (κ3) is 3.46. The summed E-state index contributed by atoms with van der Waals surface area (Å²) in [5, 5.41) is 0. The van der Waals surface area contributed by atoms with Gasteiger partial charge in [-0.2, -0.15) is 0 Å². The second kappa shape index (κ2) is 7.41. The van der Waals surface area contributed by atoms with Crippen molar-refractivity contribution in [2.75, 3.05) is 0 Å². The minimum atomic E-state index is 0.256. The van der Waals surface area contributed by atoms with Gasteiger partial charge in [0, 0.05) is 12.3 Å².